The van der Waals surface area contributed by atoms with Crippen molar-refractivity contribution < 1.29 is 19.0 Å². The largest absolute Gasteiger partial charge is 0.497 e. The molecular weight excluding hydrogens is 374 g/mol. The van der Waals surface area contributed by atoms with Crippen molar-refractivity contribution in [1.82, 2.24) is 10.3 Å². The van der Waals surface area contributed by atoms with Crippen molar-refractivity contribution in [2.24, 2.45) is 0 Å². The maximum Gasteiger partial charge on any atom is 0.321 e. The normalized spacial score (nSPS) is 10.4. The third-order valence-corrected chi connectivity index (χ3v) is 5.14. The van der Waals surface area contributed by atoms with E-state index in [9.17, 15) is 4.79 Å². The number of hydrogen-bond donors (Lipinski definition) is 2. The lowest BCUT2D eigenvalue weighted by Crippen LogP contribution is -2.31. The maximum atomic E-state index is 11.7. The van der Waals surface area contributed by atoms with Crippen LogP contribution < -0.4 is 20.1 Å². The van der Waals surface area contributed by atoms with Gasteiger partial charge in [0.2, 0.25) is 0 Å². The zero-order valence-corrected chi connectivity index (χ0v) is 16.7. The standard InChI is InChI=1S/C17H23N3O4S2/c1-22-5-4-18-16(21)20-17-19-13(11-26-17)10-25-9-12-6-14(23-2)8-15(7-12)24-3/h6-8,11H,4-5,9-10H2,1-3H3,(H2,18,19,20,21). The topological polar surface area (TPSA) is 81.7 Å². The lowest BCUT2D eigenvalue weighted by molar-refractivity contribution is 0.198. The monoisotopic (exact) mass is 397 g/mol. The maximum absolute atomic E-state index is 11.7. The molecule has 7 nitrogen and oxygen atoms in total. The molecule has 142 valence electrons. The number of hydrogen-bond acceptors (Lipinski definition) is 7. The number of nitrogens with one attached hydrogen (secondary N) is 2. The van der Waals surface area contributed by atoms with Crippen molar-refractivity contribution in [2.45, 2.75) is 11.5 Å². The predicted molar refractivity (Wildman–Crippen MR) is 106 cm³/mol. The number of urea groups is 1. The number of ether oxygens (including phenoxy) is 3. The third-order valence-electron chi connectivity index (χ3n) is 3.29. The summed E-state index contributed by atoms with van der Waals surface area (Å²) in [5.41, 5.74) is 2.05. The van der Waals surface area contributed by atoms with E-state index in [1.807, 2.05) is 23.6 Å². The minimum absolute atomic E-state index is 0.279. The van der Waals surface area contributed by atoms with E-state index in [0.717, 1.165) is 34.3 Å². The van der Waals surface area contributed by atoms with Crippen molar-refractivity contribution in [2.75, 3.05) is 39.8 Å². The number of methoxy groups -OCH3 is 3. The van der Waals surface area contributed by atoms with E-state index in [-0.39, 0.29) is 6.03 Å². The predicted octanol–water partition coefficient (Wildman–Crippen LogP) is 3.36. The molecular formula is C17H23N3O4S2. The molecule has 2 aromatic rings. The molecule has 1 aromatic carbocycles. The van der Waals surface area contributed by atoms with Gasteiger partial charge in [-0.05, 0) is 17.7 Å². The molecule has 0 aliphatic rings. The van der Waals surface area contributed by atoms with Crippen LogP contribution in [-0.4, -0.2) is 45.5 Å². The Morgan fingerprint density at radius 2 is 1.88 bits per heavy atom. The number of thioether (sulfide) groups is 1. The third kappa shape index (κ3) is 6.74. The van der Waals surface area contributed by atoms with Crippen molar-refractivity contribution in [1.29, 1.82) is 0 Å². The second-order valence-electron chi connectivity index (χ2n) is 5.23. The van der Waals surface area contributed by atoms with Gasteiger partial charge in [-0.25, -0.2) is 9.78 Å². The van der Waals surface area contributed by atoms with Gasteiger partial charge in [-0.15, -0.1) is 11.3 Å². The molecule has 0 saturated carbocycles. The molecule has 0 unspecified atom stereocenters. The first kappa shape index (κ1) is 20.3. The van der Waals surface area contributed by atoms with Crippen molar-refractivity contribution in [3.05, 3.63) is 34.8 Å². The molecule has 26 heavy (non-hydrogen) atoms. The Labute approximate surface area is 161 Å². The number of anilines is 1. The van der Waals surface area contributed by atoms with Gasteiger partial charge in [-0.2, -0.15) is 11.8 Å². The minimum atomic E-state index is -0.279. The molecule has 0 bridgehead atoms. The number of thiazole rings is 1. The van der Waals surface area contributed by atoms with Crippen LogP contribution >= 0.6 is 23.1 Å². The van der Waals surface area contributed by atoms with Gasteiger partial charge in [0, 0.05) is 36.6 Å². The Morgan fingerprint density at radius 1 is 1.15 bits per heavy atom. The Kier molecular flexibility index (Phi) is 8.52. The van der Waals surface area contributed by atoms with Crippen LogP contribution in [0.25, 0.3) is 0 Å². The number of carbonyl (C=O) groups excluding carboxylic acids is 1. The van der Waals surface area contributed by atoms with Gasteiger partial charge in [-0.3, -0.25) is 5.32 Å². The van der Waals surface area contributed by atoms with Crippen LogP contribution in [0.15, 0.2) is 23.6 Å². The van der Waals surface area contributed by atoms with Gasteiger partial charge in [0.05, 0.1) is 26.5 Å². The highest BCUT2D eigenvalue weighted by Crippen LogP contribution is 2.27. The van der Waals surface area contributed by atoms with E-state index in [2.05, 4.69) is 15.6 Å². The van der Waals surface area contributed by atoms with E-state index in [1.54, 1.807) is 33.1 Å². The quantitative estimate of drug-likeness (QED) is 0.598. The summed E-state index contributed by atoms with van der Waals surface area (Å²) in [6, 6.07) is 5.56. The second-order valence-corrected chi connectivity index (χ2v) is 7.08. The first-order valence-corrected chi connectivity index (χ1v) is 9.96. The van der Waals surface area contributed by atoms with Crippen LogP contribution in [0.5, 0.6) is 11.5 Å². The molecule has 0 atom stereocenters. The van der Waals surface area contributed by atoms with Gasteiger partial charge in [-0.1, -0.05) is 0 Å². The van der Waals surface area contributed by atoms with E-state index < -0.39 is 0 Å². The molecule has 1 heterocycles. The van der Waals surface area contributed by atoms with Crippen molar-refractivity contribution >= 4 is 34.3 Å². The molecule has 2 amide bonds. The average molecular weight is 398 g/mol. The minimum Gasteiger partial charge on any atom is -0.497 e. The number of amides is 2. The van der Waals surface area contributed by atoms with Crippen LogP contribution in [0.4, 0.5) is 9.93 Å². The molecule has 0 saturated heterocycles. The van der Waals surface area contributed by atoms with Crippen LogP contribution in [-0.2, 0) is 16.2 Å². The van der Waals surface area contributed by atoms with Gasteiger partial charge in [0.25, 0.3) is 0 Å². The molecule has 0 aliphatic carbocycles. The summed E-state index contributed by atoms with van der Waals surface area (Å²) in [7, 11) is 4.87. The fourth-order valence-corrected chi connectivity index (χ4v) is 3.73. The fourth-order valence-electron chi connectivity index (χ4n) is 2.06. The highest BCUT2D eigenvalue weighted by Gasteiger charge is 2.07. The Bertz CT molecular complexity index is 687. The molecule has 1 aromatic heterocycles. The highest BCUT2D eigenvalue weighted by molar-refractivity contribution is 7.97. The Balaban J connectivity index is 1.80. The van der Waals surface area contributed by atoms with Crippen LogP contribution in [0.1, 0.15) is 11.3 Å². The summed E-state index contributed by atoms with van der Waals surface area (Å²) in [5, 5.41) is 7.94. The van der Waals surface area contributed by atoms with Crippen LogP contribution in [0.2, 0.25) is 0 Å². The molecule has 2 N–H and O–H groups in total. The summed E-state index contributed by atoms with van der Waals surface area (Å²) in [4.78, 5) is 16.1. The lowest BCUT2D eigenvalue weighted by atomic mass is 10.2. The first-order valence-electron chi connectivity index (χ1n) is 7.92. The van der Waals surface area contributed by atoms with Crippen molar-refractivity contribution in [3.63, 3.8) is 0 Å². The molecule has 0 fully saturated rings. The average Bonchev–Trinajstić information content (AvgIpc) is 3.08. The highest BCUT2D eigenvalue weighted by atomic mass is 32.2. The zero-order chi connectivity index (χ0) is 18.8. The van der Waals surface area contributed by atoms with E-state index in [1.165, 1.54) is 11.3 Å². The van der Waals surface area contributed by atoms with E-state index in [0.29, 0.717) is 18.3 Å². The lowest BCUT2D eigenvalue weighted by Gasteiger charge is -2.08. The molecule has 9 heteroatoms. The Morgan fingerprint density at radius 3 is 2.54 bits per heavy atom. The van der Waals surface area contributed by atoms with Gasteiger partial charge >= 0.3 is 6.03 Å². The number of benzene rings is 1. The number of aromatic nitrogens is 1. The Hall–Kier alpha value is -1.97. The summed E-state index contributed by atoms with van der Waals surface area (Å²) in [6.07, 6.45) is 0. The summed E-state index contributed by atoms with van der Waals surface area (Å²) in [5.74, 6) is 3.12. The first-order chi connectivity index (χ1) is 12.6. The molecule has 0 spiro atoms. The van der Waals surface area contributed by atoms with Crippen LogP contribution in [0, 0.1) is 0 Å². The summed E-state index contributed by atoms with van der Waals surface area (Å²) < 4.78 is 15.4. The second kappa shape index (κ2) is 10.9. The number of carbonyl (C=O) groups is 1. The number of nitrogens with zero attached hydrogens (tertiary/aromatic N) is 1. The van der Waals surface area contributed by atoms with Crippen molar-refractivity contribution in [3.8, 4) is 11.5 Å². The smallest absolute Gasteiger partial charge is 0.321 e. The summed E-state index contributed by atoms with van der Waals surface area (Å²) in [6.45, 7) is 0.933. The van der Waals surface area contributed by atoms with Gasteiger partial charge in [0.15, 0.2) is 5.13 Å². The molecule has 2 rings (SSSR count). The molecule has 0 aliphatic heterocycles. The zero-order valence-electron chi connectivity index (χ0n) is 15.0. The van der Waals surface area contributed by atoms with Gasteiger partial charge in [0.1, 0.15) is 11.5 Å². The molecule has 0 radical (unpaired) electrons. The van der Waals surface area contributed by atoms with E-state index in [4.69, 9.17) is 14.2 Å². The van der Waals surface area contributed by atoms with E-state index >= 15 is 0 Å². The summed E-state index contributed by atoms with van der Waals surface area (Å²) >= 11 is 3.14. The van der Waals surface area contributed by atoms with Crippen LogP contribution in [0.3, 0.4) is 0 Å². The van der Waals surface area contributed by atoms with Gasteiger partial charge < -0.3 is 19.5 Å². The SMILES string of the molecule is COCCNC(=O)Nc1nc(CSCc2cc(OC)cc(OC)c2)cs1. The fraction of sp³-hybridized carbons (Fsp3) is 0.412. The number of rotatable bonds is 10.